The van der Waals surface area contributed by atoms with Crippen LogP contribution < -0.4 is 5.32 Å². The topological polar surface area (TPSA) is 24.9 Å². The van der Waals surface area contributed by atoms with Gasteiger partial charge in [-0.15, -0.1) is 11.3 Å². The Labute approximate surface area is 119 Å². The highest BCUT2D eigenvalue weighted by atomic mass is 32.1. The van der Waals surface area contributed by atoms with Gasteiger partial charge in [0, 0.05) is 11.4 Å². The summed E-state index contributed by atoms with van der Waals surface area (Å²) in [6.45, 7) is 9.59. The summed E-state index contributed by atoms with van der Waals surface area (Å²) in [4.78, 5) is 5.95. The van der Waals surface area contributed by atoms with E-state index in [2.05, 4.69) is 56.2 Å². The average molecular weight is 274 g/mol. The smallest absolute Gasteiger partial charge is 0.183 e. The van der Waals surface area contributed by atoms with Crippen LogP contribution in [0.4, 0.5) is 5.13 Å². The number of hydrogen-bond acceptors (Lipinski definition) is 3. The first-order valence-electron chi connectivity index (χ1n) is 6.87. The van der Waals surface area contributed by atoms with Gasteiger partial charge in [0.05, 0.1) is 5.69 Å². The minimum Gasteiger partial charge on any atom is -0.361 e. The molecular formula is C16H22N2S. The van der Waals surface area contributed by atoms with Crippen LogP contribution in [0.2, 0.25) is 0 Å². The number of thiazole rings is 1. The highest BCUT2D eigenvalue weighted by molar-refractivity contribution is 7.15. The Morgan fingerprint density at radius 1 is 1.16 bits per heavy atom. The monoisotopic (exact) mass is 274 g/mol. The summed E-state index contributed by atoms with van der Waals surface area (Å²) in [5, 5.41) is 4.51. The Balaban J connectivity index is 1.96. The van der Waals surface area contributed by atoms with Gasteiger partial charge in [-0.2, -0.15) is 0 Å². The van der Waals surface area contributed by atoms with E-state index in [4.69, 9.17) is 0 Å². The second kappa shape index (κ2) is 6.20. The van der Waals surface area contributed by atoms with Gasteiger partial charge in [-0.25, -0.2) is 4.98 Å². The van der Waals surface area contributed by atoms with Gasteiger partial charge in [0.15, 0.2) is 5.13 Å². The molecule has 2 rings (SSSR count). The van der Waals surface area contributed by atoms with Crippen LogP contribution in [0.25, 0.3) is 0 Å². The minimum absolute atomic E-state index is 0.946. The zero-order valence-corrected chi connectivity index (χ0v) is 13.0. The largest absolute Gasteiger partial charge is 0.361 e. The number of nitrogens with one attached hydrogen (secondary N) is 1. The summed E-state index contributed by atoms with van der Waals surface area (Å²) in [5.41, 5.74) is 5.39. The van der Waals surface area contributed by atoms with Crippen LogP contribution in [0.3, 0.4) is 0 Å². The van der Waals surface area contributed by atoms with Crippen LogP contribution in [0.5, 0.6) is 0 Å². The minimum atomic E-state index is 0.946. The third kappa shape index (κ3) is 3.35. The molecule has 102 valence electrons. The molecule has 3 heteroatoms. The number of rotatable bonds is 5. The van der Waals surface area contributed by atoms with Crippen molar-refractivity contribution in [2.45, 2.75) is 40.5 Å². The molecular weight excluding hydrogens is 252 g/mol. The van der Waals surface area contributed by atoms with Crippen molar-refractivity contribution in [1.82, 2.24) is 4.98 Å². The van der Waals surface area contributed by atoms with Crippen molar-refractivity contribution < 1.29 is 0 Å². The summed E-state index contributed by atoms with van der Waals surface area (Å²) in [7, 11) is 0. The molecule has 0 radical (unpaired) electrons. The standard InChI is InChI=1S/C16H22N2S/c1-5-15-13(4)18-16(19-15)17-10-9-14-11(2)7-6-8-12(14)3/h6-8H,5,9-10H2,1-4H3,(H,17,18). The molecule has 0 atom stereocenters. The Bertz CT molecular complexity index is 538. The Kier molecular flexibility index (Phi) is 4.59. The van der Waals surface area contributed by atoms with Crippen LogP contribution in [0.15, 0.2) is 18.2 Å². The van der Waals surface area contributed by atoms with E-state index in [0.29, 0.717) is 0 Å². The molecule has 2 nitrogen and oxygen atoms in total. The number of aryl methyl sites for hydroxylation is 4. The van der Waals surface area contributed by atoms with Crippen LogP contribution >= 0.6 is 11.3 Å². The van der Waals surface area contributed by atoms with Gasteiger partial charge in [0.2, 0.25) is 0 Å². The molecule has 0 unspecified atom stereocenters. The van der Waals surface area contributed by atoms with E-state index >= 15 is 0 Å². The predicted molar refractivity (Wildman–Crippen MR) is 84.3 cm³/mol. The van der Waals surface area contributed by atoms with Crippen molar-refractivity contribution >= 4 is 16.5 Å². The maximum atomic E-state index is 4.56. The highest BCUT2D eigenvalue weighted by Crippen LogP contribution is 2.23. The fourth-order valence-corrected chi connectivity index (χ4v) is 3.30. The predicted octanol–water partition coefficient (Wildman–Crippen LogP) is 4.29. The van der Waals surface area contributed by atoms with Crippen molar-refractivity contribution in [3.8, 4) is 0 Å². The van der Waals surface area contributed by atoms with E-state index in [0.717, 1.165) is 24.5 Å². The number of hydrogen-bond donors (Lipinski definition) is 1. The molecule has 0 aliphatic rings. The zero-order valence-electron chi connectivity index (χ0n) is 12.2. The first kappa shape index (κ1) is 14.1. The summed E-state index contributed by atoms with van der Waals surface area (Å²) in [6.07, 6.45) is 2.13. The molecule has 0 aliphatic heterocycles. The lowest BCUT2D eigenvalue weighted by molar-refractivity contribution is 0.984. The van der Waals surface area contributed by atoms with E-state index in [1.165, 1.54) is 27.3 Å². The van der Waals surface area contributed by atoms with Crippen molar-refractivity contribution in [1.29, 1.82) is 0 Å². The summed E-state index contributed by atoms with van der Waals surface area (Å²) in [6, 6.07) is 6.50. The molecule has 2 aromatic rings. The summed E-state index contributed by atoms with van der Waals surface area (Å²) in [5.74, 6) is 0. The molecule has 1 N–H and O–H groups in total. The van der Waals surface area contributed by atoms with Crippen LogP contribution in [-0.4, -0.2) is 11.5 Å². The lowest BCUT2D eigenvalue weighted by Gasteiger charge is -2.09. The van der Waals surface area contributed by atoms with Gasteiger partial charge in [0.1, 0.15) is 0 Å². The van der Waals surface area contributed by atoms with Crippen LogP contribution in [0, 0.1) is 20.8 Å². The van der Waals surface area contributed by atoms with Crippen molar-refractivity contribution in [2.75, 3.05) is 11.9 Å². The molecule has 0 saturated heterocycles. The Morgan fingerprint density at radius 3 is 2.42 bits per heavy atom. The third-order valence-electron chi connectivity index (χ3n) is 3.51. The quantitative estimate of drug-likeness (QED) is 0.880. The number of benzene rings is 1. The summed E-state index contributed by atoms with van der Waals surface area (Å²) < 4.78 is 0. The molecule has 0 saturated carbocycles. The first-order valence-corrected chi connectivity index (χ1v) is 7.68. The Hall–Kier alpha value is -1.35. The van der Waals surface area contributed by atoms with E-state index in [1.807, 2.05) is 0 Å². The molecule has 1 aromatic carbocycles. The summed E-state index contributed by atoms with van der Waals surface area (Å²) >= 11 is 1.78. The third-order valence-corrected chi connectivity index (χ3v) is 4.77. The lowest BCUT2D eigenvalue weighted by atomic mass is 10.0. The SMILES string of the molecule is CCc1sc(NCCc2c(C)cccc2C)nc1C. The molecule has 1 aromatic heterocycles. The molecule has 0 fully saturated rings. The van der Waals surface area contributed by atoms with Crippen LogP contribution in [0.1, 0.15) is 34.2 Å². The first-order chi connectivity index (χ1) is 9.11. The molecule has 19 heavy (non-hydrogen) atoms. The molecule has 0 aliphatic carbocycles. The van der Waals surface area contributed by atoms with Crippen LogP contribution in [-0.2, 0) is 12.8 Å². The van der Waals surface area contributed by atoms with Gasteiger partial charge in [0.25, 0.3) is 0 Å². The van der Waals surface area contributed by atoms with Gasteiger partial charge < -0.3 is 5.32 Å². The second-order valence-electron chi connectivity index (χ2n) is 4.93. The molecule has 0 bridgehead atoms. The van der Waals surface area contributed by atoms with Gasteiger partial charge in [-0.05, 0) is 50.3 Å². The average Bonchev–Trinajstić information content (AvgIpc) is 2.73. The maximum Gasteiger partial charge on any atom is 0.183 e. The Morgan fingerprint density at radius 2 is 1.84 bits per heavy atom. The van der Waals surface area contributed by atoms with Crippen molar-refractivity contribution in [3.05, 3.63) is 45.5 Å². The van der Waals surface area contributed by atoms with E-state index in [9.17, 15) is 0 Å². The second-order valence-corrected chi connectivity index (χ2v) is 6.01. The fourth-order valence-electron chi connectivity index (χ4n) is 2.37. The molecule has 1 heterocycles. The molecule has 0 amide bonds. The van der Waals surface area contributed by atoms with Crippen molar-refractivity contribution in [2.24, 2.45) is 0 Å². The number of nitrogens with zero attached hydrogens (tertiary/aromatic N) is 1. The van der Waals surface area contributed by atoms with E-state index in [1.54, 1.807) is 11.3 Å². The van der Waals surface area contributed by atoms with Crippen molar-refractivity contribution in [3.63, 3.8) is 0 Å². The highest BCUT2D eigenvalue weighted by Gasteiger charge is 2.06. The van der Waals surface area contributed by atoms with E-state index in [-0.39, 0.29) is 0 Å². The fraction of sp³-hybridized carbons (Fsp3) is 0.438. The van der Waals surface area contributed by atoms with E-state index < -0.39 is 0 Å². The van der Waals surface area contributed by atoms with Gasteiger partial charge in [-0.3, -0.25) is 0 Å². The maximum absolute atomic E-state index is 4.56. The number of anilines is 1. The lowest BCUT2D eigenvalue weighted by Crippen LogP contribution is -2.06. The van der Waals surface area contributed by atoms with Gasteiger partial charge in [-0.1, -0.05) is 25.1 Å². The van der Waals surface area contributed by atoms with Gasteiger partial charge >= 0.3 is 0 Å². The molecule has 0 spiro atoms. The zero-order chi connectivity index (χ0) is 13.8. The normalized spacial score (nSPS) is 10.7. The number of aromatic nitrogens is 1.